The zero-order valence-corrected chi connectivity index (χ0v) is 12.7. The fourth-order valence-electron chi connectivity index (χ4n) is 2.94. The van der Waals surface area contributed by atoms with Crippen LogP contribution in [0.15, 0.2) is 22.7 Å². The van der Waals surface area contributed by atoms with E-state index >= 15 is 0 Å². The van der Waals surface area contributed by atoms with Crippen molar-refractivity contribution in [1.82, 2.24) is 15.0 Å². The van der Waals surface area contributed by atoms with Crippen molar-refractivity contribution in [3.05, 3.63) is 47.1 Å². The van der Waals surface area contributed by atoms with Crippen LogP contribution in [0.1, 0.15) is 47.1 Å². The van der Waals surface area contributed by atoms with E-state index in [-0.39, 0.29) is 29.9 Å². The first-order valence-electron chi connectivity index (χ1n) is 7.46. The van der Waals surface area contributed by atoms with Crippen LogP contribution < -0.4 is 5.73 Å². The van der Waals surface area contributed by atoms with Crippen molar-refractivity contribution in [1.29, 1.82) is 0 Å². The van der Waals surface area contributed by atoms with E-state index in [2.05, 4.69) is 10.1 Å². The molecule has 0 radical (unpaired) electrons. The Morgan fingerprint density at radius 2 is 2.17 bits per heavy atom. The van der Waals surface area contributed by atoms with Crippen molar-refractivity contribution in [2.45, 2.75) is 25.0 Å². The molecule has 1 aliphatic rings. The summed E-state index contributed by atoms with van der Waals surface area (Å²) in [5.41, 5.74) is 4.72. The number of primary amides is 1. The molecular formula is C15H16F2N4O3. The number of amides is 1. The highest BCUT2D eigenvalue weighted by molar-refractivity contribution is 5.88. The Kier molecular flexibility index (Phi) is 4.54. The third-order valence-corrected chi connectivity index (χ3v) is 4.05. The van der Waals surface area contributed by atoms with E-state index in [1.54, 1.807) is 4.90 Å². The van der Waals surface area contributed by atoms with Crippen LogP contribution in [0.4, 0.5) is 8.78 Å². The number of β-amino-alcohol motifs (C(OH)–C–C–N with tert-alkyl or cyclic N) is 1. The lowest BCUT2D eigenvalue weighted by Crippen LogP contribution is -2.29. The number of aliphatic hydroxyl groups excluding tert-OH is 1. The van der Waals surface area contributed by atoms with Crippen LogP contribution in [0.25, 0.3) is 0 Å². The third-order valence-electron chi connectivity index (χ3n) is 4.05. The summed E-state index contributed by atoms with van der Waals surface area (Å²) in [5, 5.41) is 13.7. The molecule has 9 heteroatoms. The average molecular weight is 338 g/mol. The van der Waals surface area contributed by atoms with E-state index in [1.165, 1.54) is 6.07 Å². The zero-order chi connectivity index (χ0) is 17.3. The topological polar surface area (TPSA) is 105 Å². The molecule has 1 aliphatic heterocycles. The van der Waals surface area contributed by atoms with Gasteiger partial charge >= 0.3 is 0 Å². The van der Waals surface area contributed by atoms with Crippen molar-refractivity contribution in [3.8, 4) is 0 Å². The summed E-state index contributed by atoms with van der Waals surface area (Å²) in [5.74, 6) is -2.43. The number of aromatic nitrogens is 2. The Bertz CT molecular complexity index is 732. The number of nitrogens with two attached hydrogens (primary N) is 1. The molecule has 1 aromatic heterocycles. The molecule has 7 nitrogen and oxygen atoms in total. The summed E-state index contributed by atoms with van der Waals surface area (Å²) in [7, 11) is 0. The number of hydrogen-bond donors (Lipinski definition) is 2. The fraction of sp³-hybridized carbons (Fsp3) is 0.400. The lowest BCUT2D eigenvalue weighted by Gasteiger charge is -2.24. The molecule has 0 saturated carbocycles. The lowest BCUT2D eigenvalue weighted by molar-refractivity contribution is 0.0915. The number of rotatable bonds is 5. The molecular weight excluding hydrogens is 322 g/mol. The van der Waals surface area contributed by atoms with Gasteiger partial charge in [-0.15, -0.1) is 0 Å². The molecule has 1 fully saturated rings. The Hall–Kier alpha value is -2.39. The number of nitrogens with zero attached hydrogens (tertiary/aromatic N) is 3. The molecule has 0 spiro atoms. The minimum atomic E-state index is -1.34. The first kappa shape index (κ1) is 16.5. The molecule has 24 heavy (non-hydrogen) atoms. The maximum atomic E-state index is 13.8. The molecule has 128 valence electrons. The van der Waals surface area contributed by atoms with Gasteiger partial charge in [0, 0.05) is 6.54 Å². The van der Waals surface area contributed by atoms with Crippen LogP contribution in [0.3, 0.4) is 0 Å². The smallest absolute Gasteiger partial charge is 0.290 e. The van der Waals surface area contributed by atoms with Crippen LogP contribution >= 0.6 is 0 Å². The first-order chi connectivity index (χ1) is 11.5. The Morgan fingerprint density at radius 1 is 1.46 bits per heavy atom. The van der Waals surface area contributed by atoms with Gasteiger partial charge < -0.3 is 15.4 Å². The second-order valence-electron chi connectivity index (χ2n) is 5.62. The summed E-state index contributed by atoms with van der Waals surface area (Å²) < 4.78 is 32.6. The van der Waals surface area contributed by atoms with E-state index in [1.807, 2.05) is 0 Å². The Morgan fingerprint density at radius 3 is 2.79 bits per heavy atom. The molecule has 1 amide bonds. The molecule has 2 heterocycles. The summed E-state index contributed by atoms with van der Waals surface area (Å²) in [6.07, 6.45) is 0.100. The SMILES string of the molecule is NC(=O)c1noc([C@@H]2CCCN2C[C@@H](O)c2c(F)cccc2F)n1. The van der Waals surface area contributed by atoms with Crippen molar-refractivity contribution in [2.24, 2.45) is 5.73 Å². The largest absolute Gasteiger partial charge is 0.387 e. The molecule has 3 N–H and O–H groups in total. The predicted octanol–water partition coefficient (Wildman–Crippen LogP) is 1.32. The Balaban J connectivity index is 1.77. The normalized spacial score (nSPS) is 19.5. The number of carbonyl (C=O) groups excluding carboxylic acids is 1. The van der Waals surface area contributed by atoms with Crippen LogP contribution in [-0.4, -0.2) is 39.1 Å². The minimum absolute atomic E-state index is 0.00317. The van der Waals surface area contributed by atoms with Crippen molar-refractivity contribution < 1.29 is 23.2 Å². The second-order valence-corrected chi connectivity index (χ2v) is 5.62. The van der Waals surface area contributed by atoms with Gasteiger partial charge in [0.25, 0.3) is 11.7 Å². The predicted molar refractivity (Wildman–Crippen MR) is 77.7 cm³/mol. The summed E-state index contributed by atoms with van der Waals surface area (Å²) in [6.45, 7) is 0.586. The molecule has 3 rings (SSSR count). The van der Waals surface area contributed by atoms with Gasteiger partial charge in [-0.3, -0.25) is 9.69 Å². The number of aliphatic hydroxyl groups is 1. The van der Waals surface area contributed by atoms with Gasteiger partial charge in [-0.25, -0.2) is 8.78 Å². The highest BCUT2D eigenvalue weighted by Crippen LogP contribution is 2.33. The average Bonchev–Trinajstić information content (AvgIpc) is 3.15. The zero-order valence-electron chi connectivity index (χ0n) is 12.7. The lowest BCUT2D eigenvalue weighted by atomic mass is 10.1. The standard InChI is InChI=1S/C15H16F2N4O3/c16-8-3-1-4-9(17)12(8)11(22)7-21-6-2-5-10(21)15-19-14(13(18)23)20-24-15/h1,3-4,10-11,22H,2,5-7H2,(H2,18,23)/t10-,11+/m0/s1. The highest BCUT2D eigenvalue weighted by Gasteiger charge is 2.33. The number of carbonyl (C=O) groups is 1. The molecule has 2 aromatic rings. The van der Waals surface area contributed by atoms with Gasteiger partial charge in [0.15, 0.2) is 0 Å². The van der Waals surface area contributed by atoms with Crippen LogP contribution in [0, 0.1) is 11.6 Å². The van der Waals surface area contributed by atoms with Crippen LogP contribution in [0.5, 0.6) is 0 Å². The Labute approximate surface area is 136 Å². The van der Waals surface area contributed by atoms with Crippen LogP contribution in [-0.2, 0) is 0 Å². The van der Waals surface area contributed by atoms with E-state index in [0.29, 0.717) is 13.0 Å². The fourth-order valence-corrected chi connectivity index (χ4v) is 2.94. The molecule has 1 aromatic carbocycles. The maximum absolute atomic E-state index is 13.8. The van der Waals surface area contributed by atoms with Crippen molar-refractivity contribution >= 4 is 5.91 Å². The van der Waals surface area contributed by atoms with E-state index in [9.17, 15) is 18.7 Å². The first-order valence-corrected chi connectivity index (χ1v) is 7.46. The maximum Gasteiger partial charge on any atom is 0.290 e. The van der Waals surface area contributed by atoms with Gasteiger partial charge in [0.2, 0.25) is 5.89 Å². The number of benzene rings is 1. The highest BCUT2D eigenvalue weighted by atomic mass is 19.1. The minimum Gasteiger partial charge on any atom is -0.387 e. The van der Waals surface area contributed by atoms with Crippen molar-refractivity contribution in [2.75, 3.05) is 13.1 Å². The summed E-state index contributed by atoms with van der Waals surface area (Å²) >= 11 is 0. The van der Waals surface area contributed by atoms with E-state index < -0.39 is 23.6 Å². The number of likely N-dealkylation sites (tertiary alicyclic amines) is 1. The second kappa shape index (κ2) is 6.62. The molecule has 0 unspecified atom stereocenters. The van der Waals surface area contributed by atoms with E-state index in [4.69, 9.17) is 10.3 Å². The quantitative estimate of drug-likeness (QED) is 0.852. The number of halogens is 2. The van der Waals surface area contributed by atoms with Gasteiger partial charge in [-0.2, -0.15) is 4.98 Å². The number of hydrogen-bond acceptors (Lipinski definition) is 6. The molecule has 0 bridgehead atoms. The summed E-state index contributed by atoms with van der Waals surface area (Å²) in [4.78, 5) is 16.8. The summed E-state index contributed by atoms with van der Waals surface area (Å²) in [6, 6.07) is 3.10. The van der Waals surface area contributed by atoms with E-state index in [0.717, 1.165) is 18.6 Å². The van der Waals surface area contributed by atoms with Gasteiger partial charge in [0.05, 0.1) is 17.7 Å². The van der Waals surface area contributed by atoms with Crippen molar-refractivity contribution in [3.63, 3.8) is 0 Å². The van der Waals surface area contributed by atoms with Crippen LogP contribution in [0.2, 0.25) is 0 Å². The molecule has 2 atom stereocenters. The monoisotopic (exact) mass is 338 g/mol. The van der Waals surface area contributed by atoms with Gasteiger partial charge in [0.1, 0.15) is 11.6 Å². The van der Waals surface area contributed by atoms with Gasteiger partial charge in [-0.1, -0.05) is 11.2 Å². The van der Waals surface area contributed by atoms with Gasteiger partial charge in [-0.05, 0) is 31.5 Å². The third kappa shape index (κ3) is 3.13. The molecule has 1 saturated heterocycles. The molecule has 0 aliphatic carbocycles.